The van der Waals surface area contributed by atoms with E-state index in [0.29, 0.717) is 38.6 Å². The lowest BCUT2D eigenvalue weighted by molar-refractivity contribution is -0.128. The fourth-order valence-corrected chi connectivity index (χ4v) is 3.12. The van der Waals surface area contributed by atoms with Crippen molar-refractivity contribution in [1.29, 1.82) is 0 Å². The standard InChI is InChI=1S/C19H22N4O2/c1-2-3-12-19(21-22-19)13-11-17(24)20-16-10-7-14-23(18(16)25)15-8-5-4-6-9-15/h1,4-6,8-9,16H,3,7,10-14H2,(H,20,24). The predicted molar refractivity (Wildman–Crippen MR) is 94.8 cm³/mol. The smallest absolute Gasteiger partial charge is 0.249 e. The van der Waals surface area contributed by atoms with E-state index in [1.165, 1.54) is 0 Å². The Hall–Kier alpha value is -2.68. The van der Waals surface area contributed by atoms with Crippen LogP contribution in [0.4, 0.5) is 5.69 Å². The van der Waals surface area contributed by atoms with Crippen LogP contribution in [-0.2, 0) is 9.59 Å². The number of nitrogens with zero attached hydrogens (tertiary/aromatic N) is 3. The molecule has 0 saturated carbocycles. The molecule has 1 unspecified atom stereocenters. The van der Waals surface area contributed by atoms with E-state index in [1.54, 1.807) is 4.90 Å². The van der Waals surface area contributed by atoms with Gasteiger partial charge in [-0.25, -0.2) is 0 Å². The number of hydrogen-bond acceptors (Lipinski definition) is 4. The maximum absolute atomic E-state index is 12.7. The molecule has 6 nitrogen and oxygen atoms in total. The summed E-state index contributed by atoms with van der Waals surface area (Å²) < 4.78 is 0. The van der Waals surface area contributed by atoms with Gasteiger partial charge in [0.25, 0.3) is 0 Å². The lowest BCUT2D eigenvalue weighted by Crippen LogP contribution is -2.52. The summed E-state index contributed by atoms with van der Waals surface area (Å²) in [5.74, 6) is 2.39. The first-order valence-electron chi connectivity index (χ1n) is 8.67. The molecule has 6 heteroatoms. The lowest BCUT2D eigenvalue weighted by Gasteiger charge is -2.32. The average Bonchev–Trinajstić information content (AvgIpc) is 3.41. The third kappa shape index (κ3) is 4.24. The highest BCUT2D eigenvalue weighted by Gasteiger charge is 2.39. The Kier molecular flexibility index (Phi) is 5.13. The van der Waals surface area contributed by atoms with E-state index in [9.17, 15) is 9.59 Å². The van der Waals surface area contributed by atoms with Gasteiger partial charge in [-0.1, -0.05) is 18.2 Å². The number of amides is 2. The molecule has 1 atom stereocenters. The minimum absolute atomic E-state index is 0.0476. The lowest BCUT2D eigenvalue weighted by atomic mass is 10.0. The van der Waals surface area contributed by atoms with Gasteiger partial charge in [0.05, 0.1) is 0 Å². The Bertz CT molecular complexity index is 702. The van der Waals surface area contributed by atoms with E-state index < -0.39 is 11.7 Å². The summed E-state index contributed by atoms with van der Waals surface area (Å²) in [7, 11) is 0. The van der Waals surface area contributed by atoms with Crippen molar-refractivity contribution >= 4 is 17.5 Å². The van der Waals surface area contributed by atoms with E-state index in [0.717, 1.165) is 12.1 Å². The summed E-state index contributed by atoms with van der Waals surface area (Å²) in [6.45, 7) is 0.683. The van der Waals surface area contributed by atoms with Gasteiger partial charge in [-0.3, -0.25) is 9.59 Å². The van der Waals surface area contributed by atoms with Crippen molar-refractivity contribution in [2.45, 2.75) is 50.2 Å². The van der Waals surface area contributed by atoms with E-state index in [4.69, 9.17) is 6.42 Å². The molecule has 130 valence electrons. The Labute approximate surface area is 147 Å². The average molecular weight is 338 g/mol. The summed E-state index contributed by atoms with van der Waals surface area (Å²) in [6, 6.07) is 9.09. The van der Waals surface area contributed by atoms with Gasteiger partial charge in [-0.15, -0.1) is 12.3 Å². The summed E-state index contributed by atoms with van der Waals surface area (Å²) in [5.41, 5.74) is 0.409. The van der Waals surface area contributed by atoms with Gasteiger partial charge in [0, 0.05) is 37.9 Å². The van der Waals surface area contributed by atoms with E-state index in [-0.39, 0.29) is 11.8 Å². The fourth-order valence-electron chi connectivity index (χ4n) is 3.12. The number of nitrogens with one attached hydrogen (secondary N) is 1. The van der Waals surface area contributed by atoms with Crippen LogP contribution in [0.1, 0.15) is 38.5 Å². The molecular formula is C19H22N4O2. The number of rotatable bonds is 7. The van der Waals surface area contributed by atoms with Crippen LogP contribution in [0, 0.1) is 12.3 Å². The molecule has 0 aromatic heterocycles. The molecule has 1 aromatic rings. The molecule has 2 amide bonds. The maximum Gasteiger partial charge on any atom is 0.249 e. The van der Waals surface area contributed by atoms with Gasteiger partial charge < -0.3 is 10.2 Å². The highest BCUT2D eigenvalue weighted by atomic mass is 16.2. The van der Waals surface area contributed by atoms with Crippen LogP contribution in [0.25, 0.3) is 0 Å². The molecule has 1 N–H and O–H groups in total. The second kappa shape index (κ2) is 7.47. The zero-order chi connectivity index (χ0) is 17.7. The second-order valence-corrected chi connectivity index (χ2v) is 6.47. The predicted octanol–water partition coefficient (Wildman–Crippen LogP) is 2.65. The van der Waals surface area contributed by atoms with Gasteiger partial charge in [-0.05, 0) is 25.0 Å². The normalized spacial score (nSPS) is 20.8. The van der Waals surface area contributed by atoms with Crippen LogP contribution < -0.4 is 10.2 Å². The number of anilines is 1. The quantitative estimate of drug-likeness (QED) is 0.776. The highest BCUT2D eigenvalue weighted by molar-refractivity contribution is 5.99. The molecule has 3 rings (SSSR count). The first kappa shape index (κ1) is 17.2. The summed E-state index contributed by atoms with van der Waals surface area (Å²) in [6.07, 6.45) is 8.92. The Balaban J connectivity index is 1.51. The van der Waals surface area contributed by atoms with Crippen LogP contribution in [-0.4, -0.2) is 30.1 Å². The Morgan fingerprint density at radius 1 is 1.32 bits per heavy atom. The molecule has 2 heterocycles. The Morgan fingerprint density at radius 2 is 2.08 bits per heavy atom. The Morgan fingerprint density at radius 3 is 2.76 bits per heavy atom. The van der Waals surface area contributed by atoms with Crippen molar-refractivity contribution in [3.8, 4) is 12.3 Å². The first-order chi connectivity index (χ1) is 12.1. The van der Waals surface area contributed by atoms with Crippen molar-refractivity contribution in [1.82, 2.24) is 5.32 Å². The topological polar surface area (TPSA) is 74.1 Å². The molecule has 2 aliphatic rings. The maximum atomic E-state index is 12.7. The molecule has 0 aliphatic carbocycles. The second-order valence-electron chi connectivity index (χ2n) is 6.47. The fraction of sp³-hybridized carbons (Fsp3) is 0.474. The minimum atomic E-state index is -0.462. The van der Waals surface area contributed by atoms with Crippen LogP contribution >= 0.6 is 0 Å². The summed E-state index contributed by atoms with van der Waals surface area (Å²) in [5, 5.41) is 10.9. The number of piperidine rings is 1. The van der Waals surface area contributed by atoms with E-state index in [1.807, 2.05) is 30.3 Å². The molecule has 0 radical (unpaired) electrons. The molecule has 1 saturated heterocycles. The number of carbonyl (C=O) groups is 2. The number of para-hydroxylation sites is 1. The van der Waals surface area contributed by atoms with Gasteiger partial charge in [0.2, 0.25) is 11.8 Å². The van der Waals surface area contributed by atoms with Crippen LogP contribution in [0.2, 0.25) is 0 Å². The summed E-state index contributed by atoms with van der Waals surface area (Å²) in [4.78, 5) is 26.7. The van der Waals surface area contributed by atoms with E-state index in [2.05, 4.69) is 21.5 Å². The number of carbonyl (C=O) groups excluding carboxylic acids is 2. The minimum Gasteiger partial charge on any atom is -0.344 e. The molecular weight excluding hydrogens is 316 g/mol. The number of hydrogen-bond donors (Lipinski definition) is 1. The third-order valence-electron chi connectivity index (χ3n) is 4.65. The van der Waals surface area contributed by atoms with Gasteiger partial charge in [0.1, 0.15) is 6.04 Å². The van der Waals surface area contributed by atoms with Crippen molar-refractivity contribution in [2.75, 3.05) is 11.4 Å². The SMILES string of the molecule is C#CCCC1(CCC(=O)NC2CCCN(c3ccccc3)C2=O)N=N1. The van der Waals surface area contributed by atoms with Gasteiger partial charge in [-0.2, -0.15) is 10.2 Å². The monoisotopic (exact) mass is 338 g/mol. The molecule has 1 aromatic carbocycles. The number of terminal acetylenes is 1. The van der Waals surface area contributed by atoms with Crippen LogP contribution in [0.15, 0.2) is 40.6 Å². The highest BCUT2D eigenvalue weighted by Crippen LogP contribution is 2.37. The van der Waals surface area contributed by atoms with E-state index >= 15 is 0 Å². The molecule has 1 fully saturated rings. The largest absolute Gasteiger partial charge is 0.344 e. The zero-order valence-electron chi connectivity index (χ0n) is 14.1. The summed E-state index contributed by atoms with van der Waals surface area (Å²) >= 11 is 0. The zero-order valence-corrected chi connectivity index (χ0v) is 14.1. The van der Waals surface area contributed by atoms with Gasteiger partial charge >= 0.3 is 0 Å². The van der Waals surface area contributed by atoms with Crippen molar-refractivity contribution in [3.05, 3.63) is 30.3 Å². The van der Waals surface area contributed by atoms with Crippen molar-refractivity contribution in [3.63, 3.8) is 0 Å². The number of benzene rings is 1. The van der Waals surface area contributed by atoms with Crippen molar-refractivity contribution in [2.24, 2.45) is 10.2 Å². The molecule has 25 heavy (non-hydrogen) atoms. The van der Waals surface area contributed by atoms with Crippen LogP contribution in [0.3, 0.4) is 0 Å². The molecule has 0 spiro atoms. The third-order valence-corrected chi connectivity index (χ3v) is 4.65. The molecule has 0 bridgehead atoms. The van der Waals surface area contributed by atoms with Crippen LogP contribution in [0.5, 0.6) is 0 Å². The first-order valence-corrected chi connectivity index (χ1v) is 8.67. The van der Waals surface area contributed by atoms with Gasteiger partial charge in [0.15, 0.2) is 5.66 Å². The van der Waals surface area contributed by atoms with Crippen molar-refractivity contribution < 1.29 is 9.59 Å². The molecule has 2 aliphatic heterocycles.